The Labute approximate surface area is 143 Å². The Balaban J connectivity index is 1.57. The number of pyridine rings is 1. The second-order valence-electron chi connectivity index (χ2n) is 6.89. The van der Waals surface area contributed by atoms with Gasteiger partial charge < -0.3 is 9.80 Å². The van der Waals surface area contributed by atoms with Crippen LogP contribution in [0.1, 0.15) is 25.7 Å². The van der Waals surface area contributed by atoms with Crippen LogP contribution in [-0.2, 0) is 0 Å². The third-order valence-electron chi connectivity index (χ3n) is 5.32. The largest absolute Gasteiger partial charge is 0.352 e. The molecule has 24 heavy (non-hydrogen) atoms. The van der Waals surface area contributed by atoms with Crippen LogP contribution in [0.15, 0.2) is 42.6 Å². The fraction of sp³-hybridized carbons (Fsp3) is 0.450. The van der Waals surface area contributed by atoms with Crippen molar-refractivity contribution in [2.75, 3.05) is 31.1 Å². The highest BCUT2D eigenvalue weighted by molar-refractivity contribution is 5.64. The summed E-state index contributed by atoms with van der Waals surface area (Å²) in [6.45, 7) is 4.67. The van der Waals surface area contributed by atoms with E-state index in [9.17, 15) is 4.39 Å². The third kappa shape index (κ3) is 3.29. The molecule has 0 unspecified atom stereocenters. The Hall–Kier alpha value is -1.94. The van der Waals surface area contributed by atoms with E-state index in [1.807, 2.05) is 12.3 Å². The van der Waals surface area contributed by atoms with E-state index in [2.05, 4.69) is 21.9 Å². The van der Waals surface area contributed by atoms with Crippen molar-refractivity contribution in [1.82, 2.24) is 9.88 Å². The van der Waals surface area contributed by atoms with Crippen molar-refractivity contribution in [3.05, 3.63) is 48.4 Å². The van der Waals surface area contributed by atoms with Crippen molar-refractivity contribution in [2.24, 2.45) is 0 Å². The second kappa shape index (κ2) is 6.89. The number of fused-ring (bicyclic) bond motifs is 6. The normalized spacial score (nSPS) is 24.3. The van der Waals surface area contributed by atoms with E-state index in [1.165, 1.54) is 44.8 Å². The van der Waals surface area contributed by atoms with Gasteiger partial charge in [0, 0.05) is 30.9 Å². The molecule has 3 aliphatic rings. The summed E-state index contributed by atoms with van der Waals surface area (Å²) in [4.78, 5) is 9.79. The minimum absolute atomic E-state index is 0.206. The van der Waals surface area contributed by atoms with Crippen molar-refractivity contribution in [1.29, 1.82) is 0 Å². The summed E-state index contributed by atoms with van der Waals surface area (Å²) in [5, 5.41) is 0. The maximum atomic E-state index is 13.4. The lowest BCUT2D eigenvalue weighted by Gasteiger charge is -2.40. The molecule has 4 heteroatoms. The molecule has 126 valence electrons. The maximum Gasteiger partial charge on any atom is 0.128 e. The molecule has 0 spiro atoms. The molecule has 2 aromatic rings. The molecule has 4 heterocycles. The van der Waals surface area contributed by atoms with Crippen LogP contribution in [0.5, 0.6) is 0 Å². The van der Waals surface area contributed by atoms with Gasteiger partial charge in [-0.15, -0.1) is 0 Å². The summed E-state index contributed by atoms with van der Waals surface area (Å²) in [6.07, 6.45) is 6.95. The Morgan fingerprint density at radius 1 is 0.917 bits per heavy atom. The highest BCUT2D eigenvalue weighted by atomic mass is 19.1. The van der Waals surface area contributed by atoms with Crippen LogP contribution in [0.3, 0.4) is 0 Å². The highest BCUT2D eigenvalue weighted by Gasteiger charge is 2.25. The molecule has 0 amide bonds. The average molecular weight is 325 g/mol. The van der Waals surface area contributed by atoms with Crippen LogP contribution in [0.2, 0.25) is 0 Å². The number of rotatable bonds is 2. The minimum atomic E-state index is -0.206. The van der Waals surface area contributed by atoms with Crippen LogP contribution in [0, 0.1) is 5.82 Å². The highest BCUT2D eigenvalue weighted by Crippen LogP contribution is 2.27. The minimum Gasteiger partial charge on any atom is -0.352 e. The lowest BCUT2D eigenvalue weighted by Crippen LogP contribution is -2.47. The van der Waals surface area contributed by atoms with Crippen molar-refractivity contribution in [3.63, 3.8) is 0 Å². The number of nitrogens with zero attached hydrogens (tertiary/aromatic N) is 3. The summed E-state index contributed by atoms with van der Waals surface area (Å²) in [5.41, 5.74) is 1.85. The van der Waals surface area contributed by atoms with E-state index in [4.69, 9.17) is 4.98 Å². The summed E-state index contributed by atoms with van der Waals surface area (Å²) < 4.78 is 13.4. The van der Waals surface area contributed by atoms with E-state index in [0.29, 0.717) is 6.04 Å². The fourth-order valence-corrected chi connectivity index (χ4v) is 4.02. The summed E-state index contributed by atoms with van der Waals surface area (Å²) in [7, 11) is 0. The molecule has 3 fully saturated rings. The molecule has 2 bridgehead atoms. The topological polar surface area (TPSA) is 19.4 Å². The molecule has 0 N–H and O–H groups in total. The first-order valence-electron chi connectivity index (χ1n) is 9.00. The predicted octanol–water partition coefficient (Wildman–Crippen LogP) is 3.95. The quantitative estimate of drug-likeness (QED) is 0.833. The first-order chi connectivity index (χ1) is 11.8. The number of hydrogen-bond acceptors (Lipinski definition) is 3. The summed E-state index contributed by atoms with van der Waals surface area (Å²) in [6, 6.07) is 11.5. The first-order valence-corrected chi connectivity index (χ1v) is 9.00. The van der Waals surface area contributed by atoms with Gasteiger partial charge in [0.25, 0.3) is 0 Å². The van der Waals surface area contributed by atoms with E-state index in [-0.39, 0.29) is 5.82 Å². The molecule has 3 saturated heterocycles. The Morgan fingerprint density at radius 2 is 1.75 bits per heavy atom. The van der Waals surface area contributed by atoms with Crippen molar-refractivity contribution >= 4 is 5.82 Å². The van der Waals surface area contributed by atoms with Gasteiger partial charge in [-0.25, -0.2) is 9.37 Å². The van der Waals surface area contributed by atoms with E-state index < -0.39 is 0 Å². The van der Waals surface area contributed by atoms with E-state index in [0.717, 1.165) is 30.0 Å². The zero-order chi connectivity index (χ0) is 16.4. The first kappa shape index (κ1) is 15.6. The van der Waals surface area contributed by atoms with Gasteiger partial charge in [-0.2, -0.15) is 0 Å². The fourth-order valence-electron chi connectivity index (χ4n) is 4.02. The van der Waals surface area contributed by atoms with Crippen molar-refractivity contribution in [3.8, 4) is 11.1 Å². The number of aromatic nitrogens is 1. The number of anilines is 1. The lowest BCUT2D eigenvalue weighted by molar-refractivity contribution is 0.217. The molecule has 1 aromatic heterocycles. The molecule has 3 aliphatic heterocycles. The summed E-state index contributed by atoms with van der Waals surface area (Å²) >= 11 is 0. The Bertz CT molecular complexity index is 676. The molecular weight excluding hydrogens is 301 g/mol. The predicted molar refractivity (Wildman–Crippen MR) is 95.7 cm³/mol. The number of benzene rings is 1. The van der Waals surface area contributed by atoms with Gasteiger partial charge in [0.15, 0.2) is 0 Å². The van der Waals surface area contributed by atoms with Gasteiger partial charge in [-0.05, 0) is 68.6 Å². The maximum absolute atomic E-state index is 13.4. The van der Waals surface area contributed by atoms with Crippen LogP contribution < -0.4 is 4.90 Å². The molecule has 5 rings (SSSR count). The summed E-state index contributed by atoms with van der Waals surface area (Å²) in [5.74, 6) is 0.853. The Morgan fingerprint density at radius 3 is 2.46 bits per heavy atom. The SMILES string of the molecule is Fc1cccc(-c2ccc(N3CCN4CCCC3CCC4)nc2)c1. The molecular formula is C20H24FN3. The number of hydrogen-bond donors (Lipinski definition) is 0. The van der Waals surface area contributed by atoms with Gasteiger partial charge in [0.1, 0.15) is 11.6 Å². The zero-order valence-corrected chi connectivity index (χ0v) is 14.0. The molecule has 3 nitrogen and oxygen atoms in total. The van der Waals surface area contributed by atoms with Gasteiger partial charge >= 0.3 is 0 Å². The molecule has 1 aromatic carbocycles. The van der Waals surface area contributed by atoms with Gasteiger partial charge in [0.2, 0.25) is 0 Å². The second-order valence-corrected chi connectivity index (χ2v) is 6.89. The molecule has 0 aliphatic carbocycles. The van der Waals surface area contributed by atoms with Crippen LogP contribution in [0.4, 0.5) is 10.2 Å². The molecule has 0 atom stereocenters. The zero-order valence-electron chi connectivity index (χ0n) is 14.0. The van der Waals surface area contributed by atoms with E-state index >= 15 is 0 Å². The van der Waals surface area contributed by atoms with Crippen molar-refractivity contribution in [2.45, 2.75) is 31.7 Å². The molecule has 0 saturated carbocycles. The van der Waals surface area contributed by atoms with E-state index in [1.54, 1.807) is 12.1 Å². The van der Waals surface area contributed by atoms with Crippen molar-refractivity contribution < 1.29 is 4.39 Å². The smallest absolute Gasteiger partial charge is 0.128 e. The third-order valence-corrected chi connectivity index (χ3v) is 5.32. The average Bonchev–Trinajstić information content (AvgIpc) is 2.54. The van der Waals surface area contributed by atoms with Crippen LogP contribution >= 0.6 is 0 Å². The Kier molecular flexibility index (Phi) is 4.48. The number of halogens is 1. The van der Waals surface area contributed by atoms with Gasteiger partial charge in [-0.3, -0.25) is 0 Å². The van der Waals surface area contributed by atoms with Crippen LogP contribution in [-0.4, -0.2) is 42.1 Å². The van der Waals surface area contributed by atoms with Crippen LogP contribution in [0.25, 0.3) is 11.1 Å². The van der Waals surface area contributed by atoms with Gasteiger partial charge in [-0.1, -0.05) is 12.1 Å². The monoisotopic (exact) mass is 325 g/mol. The standard InChI is InChI=1S/C20H24FN3/c21-18-5-1-4-16(14-18)17-8-9-20(22-15-17)24-13-12-23-10-2-6-19(24)7-3-11-23/h1,4-5,8-9,14-15,19H,2-3,6-7,10-13H2. The molecule has 0 radical (unpaired) electrons. The van der Waals surface area contributed by atoms with Gasteiger partial charge in [0.05, 0.1) is 0 Å². The lowest BCUT2D eigenvalue weighted by atomic mass is 9.99.